The summed E-state index contributed by atoms with van der Waals surface area (Å²) in [6, 6.07) is 0.794. The molecule has 0 aromatic heterocycles. The standard InChI is InChI=1S/C9H19N/c1-8(2)9(3)10-6-4-5-7-10/h8-9H,4-7H2,1-3H3. The van der Waals surface area contributed by atoms with E-state index in [0.717, 1.165) is 12.0 Å². The van der Waals surface area contributed by atoms with Crippen LogP contribution < -0.4 is 0 Å². The minimum atomic E-state index is 0.794. The van der Waals surface area contributed by atoms with Gasteiger partial charge in [0.1, 0.15) is 0 Å². The molecule has 0 saturated carbocycles. The monoisotopic (exact) mass is 141 g/mol. The van der Waals surface area contributed by atoms with Crippen LogP contribution in [-0.2, 0) is 0 Å². The predicted molar refractivity (Wildman–Crippen MR) is 45.1 cm³/mol. The highest BCUT2D eigenvalue weighted by Crippen LogP contribution is 2.16. The highest BCUT2D eigenvalue weighted by Gasteiger charge is 2.19. The molecule has 1 unspecified atom stereocenters. The van der Waals surface area contributed by atoms with Crippen LogP contribution >= 0.6 is 0 Å². The SMILES string of the molecule is CC(C)C(C)N1CCCC1. The molecule has 1 saturated heterocycles. The van der Waals surface area contributed by atoms with Crippen LogP contribution in [0.15, 0.2) is 0 Å². The van der Waals surface area contributed by atoms with E-state index in [2.05, 4.69) is 25.7 Å². The molecule has 1 aliphatic heterocycles. The van der Waals surface area contributed by atoms with E-state index in [0.29, 0.717) is 0 Å². The summed E-state index contributed by atoms with van der Waals surface area (Å²) in [4.78, 5) is 2.60. The Kier molecular flexibility index (Phi) is 2.72. The lowest BCUT2D eigenvalue weighted by molar-refractivity contribution is 0.208. The van der Waals surface area contributed by atoms with Crippen molar-refractivity contribution in [3.63, 3.8) is 0 Å². The fraction of sp³-hybridized carbons (Fsp3) is 1.00. The highest BCUT2D eigenvalue weighted by atomic mass is 15.2. The van der Waals surface area contributed by atoms with Crippen LogP contribution in [-0.4, -0.2) is 24.0 Å². The lowest BCUT2D eigenvalue weighted by atomic mass is 10.1. The molecule has 0 aromatic rings. The summed E-state index contributed by atoms with van der Waals surface area (Å²) in [5.41, 5.74) is 0. The molecule has 60 valence electrons. The third-order valence-electron chi connectivity index (χ3n) is 2.68. The fourth-order valence-electron chi connectivity index (χ4n) is 1.57. The second kappa shape index (κ2) is 3.38. The smallest absolute Gasteiger partial charge is 0.00899 e. The first kappa shape index (κ1) is 8.06. The van der Waals surface area contributed by atoms with Crippen LogP contribution in [0.5, 0.6) is 0 Å². The average molecular weight is 141 g/mol. The van der Waals surface area contributed by atoms with E-state index in [1.54, 1.807) is 0 Å². The van der Waals surface area contributed by atoms with Crippen molar-refractivity contribution in [3.8, 4) is 0 Å². The van der Waals surface area contributed by atoms with Gasteiger partial charge in [0.15, 0.2) is 0 Å². The van der Waals surface area contributed by atoms with Crippen LogP contribution in [0, 0.1) is 5.92 Å². The number of rotatable bonds is 2. The maximum Gasteiger partial charge on any atom is 0.00899 e. The Balaban J connectivity index is 2.32. The van der Waals surface area contributed by atoms with Gasteiger partial charge in [0.2, 0.25) is 0 Å². The lowest BCUT2D eigenvalue weighted by Gasteiger charge is -2.26. The molecule has 0 aromatic carbocycles. The minimum Gasteiger partial charge on any atom is -0.300 e. The van der Waals surface area contributed by atoms with Gasteiger partial charge in [-0.1, -0.05) is 13.8 Å². The summed E-state index contributed by atoms with van der Waals surface area (Å²) >= 11 is 0. The quantitative estimate of drug-likeness (QED) is 0.569. The molecule has 1 atom stereocenters. The van der Waals surface area contributed by atoms with Crippen LogP contribution in [0.1, 0.15) is 33.6 Å². The fourth-order valence-corrected chi connectivity index (χ4v) is 1.57. The van der Waals surface area contributed by atoms with Crippen molar-refractivity contribution in [3.05, 3.63) is 0 Å². The van der Waals surface area contributed by atoms with Crippen LogP contribution in [0.25, 0.3) is 0 Å². The van der Waals surface area contributed by atoms with Crippen molar-refractivity contribution in [2.75, 3.05) is 13.1 Å². The van der Waals surface area contributed by atoms with Crippen molar-refractivity contribution in [2.45, 2.75) is 39.7 Å². The van der Waals surface area contributed by atoms with Gasteiger partial charge in [0.05, 0.1) is 0 Å². The van der Waals surface area contributed by atoms with Gasteiger partial charge in [-0.05, 0) is 38.8 Å². The van der Waals surface area contributed by atoms with E-state index >= 15 is 0 Å². The Morgan fingerprint density at radius 3 is 1.90 bits per heavy atom. The largest absolute Gasteiger partial charge is 0.300 e. The van der Waals surface area contributed by atoms with Crippen LogP contribution in [0.2, 0.25) is 0 Å². The minimum absolute atomic E-state index is 0.794. The van der Waals surface area contributed by atoms with Gasteiger partial charge >= 0.3 is 0 Å². The first-order valence-corrected chi connectivity index (χ1v) is 4.46. The molecule has 1 rings (SSSR count). The van der Waals surface area contributed by atoms with E-state index in [4.69, 9.17) is 0 Å². The Labute approximate surface area is 64.4 Å². The number of likely N-dealkylation sites (tertiary alicyclic amines) is 1. The van der Waals surface area contributed by atoms with Gasteiger partial charge in [-0.25, -0.2) is 0 Å². The molecule has 1 nitrogen and oxygen atoms in total. The zero-order valence-electron chi connectivity index (χ0n) is 7.43. The number of nitrogens with zero attached hydrogens (tertiary/aromatic N) is 1. The summed E-state index contributed by atoms with van der Waals surface area (Å²) in [5, 5.41) is 0. The molecule has 0 aliphatic carbocycles. The molecule has 1 fully saturated rings. The van der Waals surface area contributed by atoms with Gasteiger partial charge < -0.3 is 4.90 Å². The Morgan fingerprint density at radius 1 is 1.00 bits per heavy atom. The molecular formula is C9H19N. The summed E-state index contributed by atoms with van der Waals surface area (Å²) in [6.45, 7) is 9.63. The van der Waals surface area contributed by atoms with E-state index in [9.17, 15) is 0 Å². The molecule has 0 spiro atoms. The normalized spacial score (nSPS) is 24.0. The summed E-state index contributed by atoms with van der Waals surface area (Å²) in [7, 11) is 0. The van der Waals surface area contributed by atoms with Crippen LogP contribution in [0.4, 0.5) is 0 Å². The molecule has 0 amide bonds. The maximum atomic E-state index is 2.60. The van der Waals surface area contributed by atoms with E-state index in [-0.39, 0.29) is 0 Å². The summed E-state index contributed by atoms with van der Waals surface area (Å²) < 4.78 is 0. The van der Waals surface area contributed by atoms with Gasteiger partial charge in [0.25, 0.3) is 0 Å². The van der Waals surface area contributed by atoms with Crippen molar-refractivity contribution in [1.82, 2.24) is 4.90 Å². The van der Waals surface area contributed by atoms with E-state index in [1.165, 1.54) is 25.9 Å². The Bertz CT molecular complexity index is 92.9. The van der Waals surface area contributed by atoms with Gasteiger partial charge in [0, 0.05) is 6.04 Å². The molecule has 1 heteroatoms. The van der Waals surface area contributed by atoms with E-state index in [1.807, 2.05) is 0 Å². The third-order valence-corrected chi connectivity index (χ3v) is 2.68. The number of hydrogen-bond donors (Lipinski definition) is 0. The topological polar surface area (TPSA) is 3.24 Å². The van der Waals surface area contributed by atoms with Gasteiger partial charge in [-0.3, -0.25) is 0 Å². The predicted octanol–water partition coefficient (Wildman–Crippen LogP) is 2.13. The average Bonchev–Trinajstić information content (AvgIpc) is 2.36. The molecule has 1 heterocycles. The number of hydrogen-bond acceptors (Lipinski definition) is 1. The maximum absolute atomic E-state index is 2.60. The van der Waals surface area contributed by atoms with Crippen molar-refractivity contribution in [2.24, 2.45) is 5.92 Å². The summed E-state index contributed by atoms with van der Waals surface area (Å²) in [5.74, 6) is 0.818. The molecule has 1 aliphatic rings. The van der Waals surface area contributed by atoms with Crippen molar-refractivity contribution < 1.29 is 0 Å². The van der Waals surface area contributed by atoms with Crippen molar-refractivity contribution in [1.29, 1.82) is 0 Å². The molecular weight excluding hydrogens is 122 g/mol. The third kappa shape index (κ3) is 1.72. The zero-order chi connectivity index (χ0) is 7.56. The van der Waals surface area contributed by atoms with Crippen LogP contribution in [0.3, 0.4) is 0 Å². The Morgan fingerprint density at radius 2 is 1.50 bits per heavy atom. The summed E-state index contributed by atoms with van der Waals surface area (Å²) in [6.07, 6.45) is 2.83. The Hall–Kier alpha value is -0.0400. The highest BCUT2D eigenvalue weighted by molar-refractivity contribution is 4.74. The van der Waals surface area contributed by atoms with Gasteiger partial charge in [-0.15, -0.1) is 0 Å². The van der Waals surface area contributed by atoms with Crippen molar-refractivity contribution >= 4 is 0 Å². The van der Waals surface area contributed by atoms with Gasteiger partial charge in [-0.2, -0.15) is 0 Å². The lowest BCUT2D eigenvalue weighted by Crippen LogP contribution is -2.33. The molecule has 0 bridgehead atoms. The molecule has 10 heavy (non-hydrogen) atoms. The second-order valence-corrected chi connectivity index (χ2v) is 3.73. The molecule has 0 radical (unpaired) electrons. The molecule has 0 N–H and O–H groups in total. The first-order chi connectivity index (χ1) is 4.72. The zero-order valence-corrected chi connectivity index (χ0v) is 7.43. The first-order valence-electron chi connectivity index (χ1n) is 4.46. The second-order valence-electron chi connectivity index (χ2n) is 3.73. The van der Waals surface area contributed by atoms with E-state index < -0.39 is 0 Å².